The van der Waals surface area contributed by atoms with Gasteiger partial charge in [-0.3, -0.25) is 19.3 Å². The van der Waals surface area contributed by atoms with Gasteiger partial charge < -0.3 is 0 Å². The number of carbonyl (C=O) groups is 1. The molecule has 0 N–H and O–H groups in total. The number of Topliss-reactive ketones (excluding diaryl/α,β-unsaturated/α-hetero) is 1. The van der Waals surface area contributed by atoms with Gasteiger partial charge in [0.25, 0.3) is 0 Å². The molecule has 0 atom stereocenters. The fraction of sp³-hybridized carbons (Fsp3) is 0.533. The summed E-state index contributed by atoms with van der Waals surface area (Å²) < 4.78 is 1.88. The van der Waals surface area contributed by atoms with Crippen LogP contribution < -0.4 is 0 Å². The largest absolute Gasteiger partial charge is 0.299 e. The van der Waals surface area contributed by atoms with Crippen LogP contribution in [0.25, 0.3) is 0 Å². The van der Waals surface area contributed by atoms with Crippen molar-refractivity contribution in [3.05, 3.63) is 34.5 Å². The van der Waals surface area contributed by atoms with E-state index in [1.807, 2.05) is 10.7 Å². The lowest BCUT2D eigenvalue weighted by Crippen LogP contribution is -2.46. The highest BCUT2D eigenvalue weighted by molar-refractivity contribution is 7.12. The van der Waals surface area contributed by atoms with Crippen molar-refractivity contribution in [1.29, 1.82) is 0 Å². The Morgan fingerprint density at radius 3 is 2.64 bits per heavy atom. The van der Waals surface area contributed by atoms with Crippen LogP contribution in [-0.4, -0.2) is 63.1 Å². The van der Waals surface area contributed by atoms with Crippen molar-refractivity contribution in [3.63, 3.8) is 0 Å². The Balaban J connectivity index is 1.42. The summed E-state index contributed by atoms with van der Waals surface area (Å²) in [5, 5.41) is 6.24. The molecule has 3 rings (SSSR count). The van der Waals surface area contributed by atoms with Crippen LogP contribution in [0, 0.1) is 0 Å². The van der Waals surface area contributed by atoms with Gasteiger partial charge >= 0.3 is 0 Å². The van der Waals surface area contributed by atoms with Gasteiger partial charge in [-0.1, -0.05) is 0 Å². The monoisotopic (exact) mass is 319 g/mol. The summed E-state index contributed by atoms with van der Waals surface area (Å²) in [5.74, 6) is 0.161. The summed E-state index contributed by atoms with van der Waals surface area (Å²) in [6.45, 7) is 8.79. The van der Waals surface area contributed by atoms with E-state index in [1.165, 1.54) is 5.56 Å². The zero-order valence-electron chi connectivity index (χ0n) is 12.8. The summed E-state index contributed by atoms with van der Waals surface area (Å²) in [6.07, 6.45) is 3.34. The predicted octanol–water partition coefficient (Wildman–Crippen LogP) is 1.36. The lowest BCUT2D eigenvalue weighted by molar-refractivity contribution is 0.102. The maximum Gasteiger partial charge on any atom is 0.169 e. The second-order valence-electron chi connectivity index (χ2n) is 5.65. The van der Waals surface area contributed by atoms with E-state index < -0.39 is 0 Å². The molecule has 1 aliphatic heterocycles. The van der Waals surface area contributed by atoms with Crippen molar-refractivity contribution in [3.8, 4) is 0 Å². The van der Waals surface area contributed by atoms with E-state index in [0.29, 0.717) is 0 Å². The van der Waals surface area contributed by atoms with Crippen LogP contribution in [0.3, 0.4) is 0 Å². The summed E-state index contributed by atoms with van der Waals surface area (Å²) in [7, 11) is 0. The summed E-state index contributed by atoms with van der Waals surface area (Å²) in [5.41, 5.74) is 1.26. The maximum atomic E-state index is 11.3. The average molecular weight is 319 g/mol. The molecule has 3 heterocycles. The predicted molar refractivity (Wildman–Crippen MR) is 86.1 cm³/mol. The van der Waals surface area contributed by atoms with E-state index in [4.69, 9.17) is 0 Å². The fourth-order valence-corrected chi connectivity index (χ4v) is 3.47. The van der Waals surface area contributed by atoms with Crippen molar-refractivity contribution < 1.29 is 4.79 Å². The van der Waals surface area contributed by atoms with Crippen molar-refractivity contribution >= 4 is 17.1 Å². The molecular weight excluding hydrogens is 298 g/mol. The number of piperazine rings is 1. The molecule has 1 aliphatic rings. The third-order valence-electron chi connectivity index (χ3n) is 3.98. The Hall–Kier alpha value is -1.57. The average Bonchev–Trinajstić information content (AvgIpc) is 3.18. The zero-order chi connectivity index (χ0) is 15.4. The van der Waals surface area contributed by atoms with E-state index in [2.05, 4.69) is 25.3 Å². The van der Waals surface area contributed by atoms with Crippen molar-refractivity contribution in [2.45, 2.75) is 20.0 Å². The van der Waals surface area contributed by atoms with E-state index in [-0.39, 0.29) is 5.78 Å². The highest BCUT2D eigenvalue weighted by Crippen LogP contribution is 2.17. The van der Waals surface area contributed by atoms with Gasteiger partial charge in [0.15, 0.2) is 5.78 Å². The van der Waals surface area contributed by atoms with Crippen LogP contribution in [0.1, 0.15) is 22.2 Å². The number of hydrogen-bond donors (Lipinski definition) is 0. The normalized spacial score (nSPS) is 17.0. The first-order valence-corrected chi connectivity index (χ1v) is 8.44. The molecule has 0 unspecified atom stereocenters. The van der Waals surface area contributed by atoms with E-state index in [1.54, 1.807) is 30.9 Å². The molecule has 1 saturated heterocycles. The Morgan fingerprint density at radius 2 is 2.00 bits per heavy atom. The number of rotatable bonds is 6. The van der Waals surface area contributed by atoms with Crippen LogP contribution in [0.5, 0.6) is 0 Å². The zero-order valence-corrected chi connectivity index (χ0v) is 13.6. The Bertz CT molecular complexity index is 601. The van der Waals surface area contributed by atoms with Gasteiger partial charge in [-0.2, -0.15) is 5.10 Å². The van der Waals surface area contributed by atoms with Crippen LogP contribution in [0.4, 0.5) is 0 Å². The lowest BCUT2D eigenvalue weighted by atomic mass is 10.2. The minimum absolute atomic E-state index is 0.161. The fourth-order valence-electron chi connectivity index (χ4n) is 2.66. The summed E-state index contributed by atoms with van der Waals surface area (Å²) in [4.78, 5) is 21.1. The molecule has 2 aromatic heterocycles. The number of thiophene rings is 1. The van der Waals surface area contributed by atoms with Crippen molar-refractivity contribution in [2.75, 3.05) is 32.7 Å². The Morgan fingerprint density at radius 1 is 1.23 bits per heavy atom. The molecule has 22 heavy (non-hydrogen) atoms. The molecule has 0 bridgehead atoms. The van der Waals surface area contributed by atoms with Gasteiger partial charge in [-0.25, -0.2) is 4.98 Å². The van der Waals surface area contributed by atoms with Gasteiger partial charge in [-0.05, 0) is 23.9 Å². The molecule has 2 aromatic rings. The molecule has 0 spiro atoms. The molecule has 7 heteroatoms. The van der Waals surface area contributed by atoms with Gasteiger partial charge in [-0.15, -0.1) is 11.3 Å². The minimum atomic E-state index is 0.161. The second kappa shape index (κ2) is 7.13. The third kappa shape index (κ3) is 4.00. The quantitative estimate of drug-likeness (QED) is 0.753. The number of hydrogen-bond acceptors (Lipinski definition) is 6. The van der Waals surface area contributed by atoms with Gasteiger partial charge in [0, 0.05) is 39.3 Å². The Labute approximate surface area is 134 Å². The van der Waals surface area contributed by atoms with Crippen molar-refractivity contribution in [2.24, 2.45) is 0 Å². The molecule has 0 amide bonds. The van der Waals surface area contributed by atoms with E-state index >= 15 is 0 Å². The molecular formula is C15H21N5OS. The first kappa shape index (κ1) is 15.3. The number of carbonyl (C=O) groups excluding carboxylic acids is 1. The number of nitrogens with zero attached hydrogens (tertiary/aromatic N) is 5. The van der Waals surface area contributed by atoms with Gasteiger partial charge in [0.1, 0.15) is 12.7 Å². The highest BCUT2D eigenvalue weighted by Gasteiger charge is 2.17. The van der Waals surface area contributed by atoms with Crippen LogP contribution >= 0.6 is 11.3 Å². The third-order valence-corrected chi connectivity index (χ3v) is 5.06. The maximum absolute atomic E-state index is 11.3. The van der Waals surface area contributed by atoms with E-state index in [0.717, 1.165) is 50.7 Å². The molecule has 0 radical (unpaired) electrons. The molecule has 6 nitrogen and oxygen atoms in total. The SMILES string of the molecule is CC(=O)c1cc(CN2CCN(CCn3cncn3)CC2)cs1. The smallest absolute Gasteiger partial charge is 0.169 e. The first-order chi connectivity index (χ1) is 10.7. The van der Waals surface area contributed by atoms with E-state index in [9.17, 15) is 4.79 Å². The van der Waals surface area contributed by atoms with Gasteiger partial charge in [0.05, 0.1) is 11.4 Å². The topological polar surface area (TPSA) is 54.3 Å². The van der Waals surface area contributed by atoms with Crippen LogP contribution in [0.2, 0.25) is 0 Å². The summed E-state index contributed by atoms with van der Waals surface area (Å²) >= 11 is 1.55. The molecule has 0 saturated carbocycles. The second-order valence-corrected chi connectivity index (χ2v) is 6.56. The van der Waals surface area contributed by atoms with Crippen LogP contribution in [0.15, 0.2) is 24.1 Å². The first-order valence-electron chi connectivity index (χ1n) is 7.56. The van der Waals surface area contributed by atoms with Gasteiger partial charge in [0.2, 0.25) is 0 Å². The highest BCUT2D eigenvalue weighted by atomic mass is 32.1. The Kier molecular flexibility index (Phi) is 4.97. The number of ketones is 1. The lowest BCUT2D eigenvalue weighted by Gasteiger charge is -2.34. The minimum Gasteiger partial charge on any atom is -0.299 e. The number of aromatic nitrogens is 3. The standard InChI is InChI=1S/C15H21N5OS/c1-13(21)15-8-14(10-22-15)9-19-4-2-18(3-5-19)6-7-20-12-16-11-17-20/h8,10-12H,2-7,9H2,1H3. The molecule has 0 aliphatic carbocycles. The molecule has 0 aromatic carbocycles. The molecule has 118 valence electrons. The van der Waals surface area contributed by atoms with Crippen molar-refractivity contribution in [1.82, 2.24) is 24.6 Å². The van der Waals surface area contributed by atoms with Crippen LogP contribution in [-0.2, 0) is 13.1 Å². The molecule has 1 fully saturated rings. The summed E-state index contributed by atoms with van der Waals surface area (Å²) in [6, 6.07) is 2.03.